The normalized spacial score (nSPS) is 10.6. The topological polar surface area (TPSA) is 90.3 Å². The Kier molecular flexibility index (Phi) is 7.96. The van der Waals surface area contributed by atoms with Gasteiger partial charge in [0.05, 0.1) is 14.2 Å². The Bertz CT molecular complexity index is 1220. The summed E-state index contributed by atoms with van der Waals surface area (Å²) in [5.74, 6) is 2.24. The molecule has 8 heteroatoms. The van der Waals surface area contributed by atoms with Gasteiger partial charge < -0.3 is 20.1 Å². The van der Waals surface area contributed by atoms with Crippen molar-refractivity contribution in [1.82, 2.24) is 14.8 Å². The number of hydrogen-bond donors (Lipinski definition) is 2. The van der Waals surface area contributed by atoms with E-state index in [4.69, 9.17) is 9.47 Å². The van der Waals surface area contributed by atoms with E-state index in [0.717, 1.165) is 28.2 Å². The SMILES string of the molecule is COc1ccc(CNc2nc(NCc3ccc(OC)cc3)n(C(=O)CCc3ccccc3)n2)cc1. The number of carbonyl (C=O) groups excluding carboxylic acids is 1. The Morgan fingerprint density at radius 2 is 1.34 bits per heavy atom. The summed E-state index contributed by atoms with van der Waals surface area (Å²) in [6.07, 6.45) is 0.953. The number of benzene rings is 3. The summed E-state index contributed by atoms with van der Waals surface area (Å²) >= 11 is 0. The van der Waals surface area contributed by atoms with Crippen molar-refractivity contribution in [2.45, 2.75) is 25.9 Å². The van der Waals surface area contributed by atoms with Crippen molar-refractivity contribution in [3.05, 3.63) is 95.6 Å². The summed E-state index contributed by atoms with van der Waals surface area (Å²) in [7, 11) is 3.27. The fourth-order valence-corrected chi connectivity index (χ4v) is 3.53. The predicted octanol–water partition coefficient (Wildman–Crippen LogP) is 4.79. The highest BCUT2D eigenvalue weighted by Gasteiger charge is 2.16. The van der Waals surface area contributed by atoms with E-state index in [-0.39, 0.29) is 5.91 Å². The summed E-state index contributed by atoms with van der Waals surface area (Å²) in [6, 6.07) is 25.4. The summed E-state index contributed by atoms with van der Waals surface area (Å²) in [5.41, 5.74) is 3.18. The zero-order valence-corrected chi connectivity index (χ0v) is 19.9. The first-order valence-electron chi connectivity index (χ1n) is 11.4. The van der Waals surface area contributed by atoms with Crippen molar-refractivity contribution in [2.75, 3.05) is 24.9 Å². The van der Waals surface area contributed by atoms with Gasteiger partial charge in [-0.05, 0) is 47.4 Å². The van der Waals surface area contributed by atoms with Crippen molar-refractivity contribution in [1.29, 1.82) is 0 Å². The lowest BCUT2D eigenvalue weighted by Crippen LogP contribution is -2.17. The quantitative estimate of drug-likeness (QED) is 0.325. The molecule has 1 aromatic heterocycles. The minimum Gasteiger partial charge on any atom is -0.497 e. The molecule has 35 heavy (non-hydrogen) atoms. The molecule has 0 fully saturated rings. The monoisotopic (exact) mass is 471 g/mol. The lowest BCUT2D eigenvalue weighted by molar-refractivity contribution is 0.0890. The van der Waals surface area contributed by atoms with Crippen LogP contribution in [0.15, 0.2) is 78.9 Å². The Morgan fingerprint density at radius 1 is 0.771 bits per heavy atom. The molecular formula is C27H29N5O3. The number of nitrogens with one attached hydrogen (secondary N) is 2. The van der Waals surface area contributed by atoms with Crippen molar-refractivity contribution in [3.8, 4) is 11.5 Å². The second-order valence-corrected chi connectivity index (χ2v) is 7.95. The third-order valence-corrected chi connectivity index (χ3v) is 5.53. The second-order valence-electron chi connectivity index (χ2n) is 7.95. The first-order chi connectivity index (χ1) is 17.1. The summed E-state index contributed by atoms with van der Waals surface area (Å²) < 4.78 is 11.8. The molecular weight excluding hydrogens is 442 g/mol. The maximum Gasteiger partial charge on any atom is 0.250 e. The molecule has 2 N–H and O–H groups in total. The number of ether oxygens (including phenoxy) is 2. The highest BCUT2D eigenvalue weighted by Crippen LogP contribution is 2.17. The van der Waals surface area contributed by atoms with Crippen LogP contribution in [0.2, 0.25) is 0 Å². The average Bonchev–Trinajstić information content (AvgIpc) is 3.33. The molecule has 0 saturated carbocycles. The Hall–Kier alpha value is -4.33. The first kappa shape index (κ1) is 23.8. The number of aryl methyl sites for hydroxylation is 1. The minimum absolute atomic E-state index is 0.129. The van der Waals surface area contributed by atoms with E-state index in [1.54, 1.807) is 14.2 Å². The molecule has 0 aliphatic carbocycles. The van der Waals surface area contributed by atoms with Crippen LogP contribution in [0.4, 0.5) is 11.9 Å². The fraction of sp³-hybridized carbons (Fsp3) is 0.222. The lowest BCUT2D eigenvalue weighted by atomic mass is 10.1. The van der Waals surface area contributed by atoms with Crippen molar-refractivity contribution in [3.63, 3.8) is 0 Å². The second kappa shape index (κ2) is 11.7. The van der Waals surface area contributed by atoms with Gasteiger partial charge in [0.15, 0.2) is 0 Å². The van der Waals surface area contributed by atoms with Gasteiger partial charge in [0.1, 0.15) is 11.5 Å². The van der Waals surface area contributed by atoms with Crippen molar-refractivity contribution in [2.24, 2.45) is 0 Å². The van der Waals surface area contributed by atoms with E-state index in [1.807, 2.05) is 78.9 Å². The van der Waals surface area contributed by atoms with Gasteiger partial charge >= 0.3 is 0 Å². The van der Waals surface area contributed by atoms with Gasteiger partial charge in [0, 0.05) is 19.5 Å². The van der Waals surface area contributed by atoms with Crippen LogP contribution < -0.4 is 20.1 Å². The molecule has 0 saturated heterocycles. The van der Waals surface area contributed by atoms with E-state index >= 15 is 0 Å². The van der Waals surface area contributed by atoms with E-state index in [2.05, 4.69) is 20.7 Å². The summed E-state index contributed by atoms with van der Waals surface area (Å²) in [5, 5.41) is 10.9. The maximum atomic E-state index is 13.1. The zero-order valence-electron chi connectivity index (χ0n) is 19.9. The molecule has 4 aromatic rings. The average molecular weight is 472 g/mol. The molecule has 0 aliphatic heterocycles. The number of nitrogens with zero attached hydrogens (tertiary/aromatic N) is 3. The molecule has 0 bridgehead atoms. The number of hydrogen-bond acceptors (Lipinski definition) is 7. The van der Waals surface area contributed by atoms with E-state index in [0.29, 0.717) is 37.8 Å². The molecule has 3 aromatic carbocycles. The van der Waals surface area contributed by atoms with E-state index in [9.17, 15) is 4.79 Å². The van der Waals surface area contributed by atoms with Crippen LogP contribution >= 0.6 is 0 Å². The number of aromatic nitrogens is 3. The molecule has 8 nitrogen and oxygen atoms in total. The molecule has 4 rings (SSSR count). The Morgan fingerprint density at radius 3 is 1.91 bits per heavy atom. The number of methoxy groups -OCH3 is 2. The van der Waals surface area contributed by atoms with Crippen LogP contribution in [-0.2, 0) is 19.5 Å². The van der Waals surface area contributed by atoms with Gasteiger partial charge in [0.25, 0.3) is 0 Å². The van der Waals surface area contributed by atoms with Gasteiger partial charge in [-0.25, -0.2) is 0 Å². The van der Waals surface area contributed by atoms with Gasteiger partial charge in [-0.1, -0.05) is 54.6 Å². The number of carbonyl (C=O) groups is 1. The highest BCUT2D eigenvalue weighted by atomic mass is 16.5. The fourth-order valence-electron chi connectivity index (χ4n) is 3.53. The van der Waals surface area contributed by atoms with E-state index in [1.165, 1.54) is 4.68 Å². The van der Waals surface area contributed by atoms with Gasteiger partial charge in [0.2, 0.25) is 17.8 Å². The smallest absolute Gasteiger partial charge is 0.250 e. The Labute approximate surface area is 204 Å². The van der Waals surface area contributed by atoms with E-state index < -0.39 is 0 Å². The maximum absolute atomic E-state index is 13.1. The minimum atomic E-state index is -0.129. The molecule has 1 heterocycles. The van der Waals surface area contributed by atoms with Crippen LogP contribution in [0.1, 0.15) is 27.9 Å². The van der Waals surface area contributed by atoms with Crippen LogP contribution in [0.25, 0.3) is 0 Å². The third kappa shape index (κ3) is 6.60. The highest BCUT2D eigenvalue weighted by molar-refractivity contribution is 5.81. The molecule has 0 spiro atoms. The molecule has 0 atom stereocenters. The largest absolute Gasteiger partial charge is 0.497 e. The predicted molar refractivity (Wildman–Crippen MR) is 136 cm³/mol. The first-order valence-corrected chi connectivity index (χ1v) is 11.4. The molecule has 0 radical (unpaired) electrons. The standard InChI is InChI=1S/C27H29N5O3/c1-34-23-13-8-21(9-14-23)18-28-26-30-27(29-19-22-10-15-24(35-2)16-11-22)32(31-26)25(33)17-12-20-6-4-3-5-7-20/h3-11,13-16H,12,17-19H2,1-2H3,(H2,28,29,30,31). The van der Waals surface area contributed by atoms with Gasteiger partial charge in [-0.2, -0.15) is 9.67 Å². The van der Waals surface area contributed by atoms with Crippen LogP contribution in [0.5, 0.6) is 11.5 Å². The zero-order chi connectivity index (χ0) is 24.5. The Balaban J connectivity index is 1.46. The molecule has 0 amide bonds. The van der Waals surface area contributed by atoms with Crippen molar-refractivity contribution < 1.29 is 14.3 Å². The van der Waals surface area contributed by atoms with Gasteiger partial charge in [-0.15, -0.1) is 5.10 Å². The van der Waals surface area contributed by atoms with Gasteiger partial charge in [-0.3, -0.25) is 4.79 Å². The van der Waals surface area contributed by atoms with Crippen molar-refractivity contribution >= 4 is 17.8 Å². The van der Waals surface area contributed by atoms with Crippen LogP contribution in [0, 0.1) is 0 Å². The molecule has 0 unspecified atom stereocenters. The molecule has 180 valence electrons. The lowest BCUT2D eigenvalue weighted by Gasteiger charge is -2.08. The summed E-state index contributed by atoms with van der Waals surface area (Å²) in [4.78, 5) is 17.6. The summed E-state index contributed by atoms with van der Waals surface area (Å²) in [6.45, 7) is 1.01. The third-order valence-electron chi connectivity index (χ3n) is 5.53. The van der Waals surface area contributed by atoms with Crippen LogP contribution in [-0.4, -0.2) is 34.9 Å². The van der Waals surface area contributed by atoms with Crippen LogP contribution in [0.3, 0.4) is 0 Å². The molecule has 0 aliphatic rings. The number of anilines is 2. The number of rotatable bonds is 11.